The molecule has 1 amide bonds. The molecule has 1 aliphatic heterocycles. The fourth-order valence-corrected chi connectivity index (χ4v) is 2.30. The third-order valence-electron chi connectivity index (χ3n) is 3.25. The van der Waals surface area contributed by atoms with Crippen molar-refractivity contribution in [3.63, 3.8) is 0 Å². The second kappa shape index (κ2) is 5.14. The predicted molar refractivity (Wildman–Crippen MR) is 61.9 cm³/mol. The summed E-state index contributed by atoms with van der Waals surface area (Å²) in [5.74, 6) is 0.318. The highest BCUT2D eigenvalue weighted by Crippen LogP contribution is 2.16. The van der Waals surface area contributed by atoms with Gasteiger partial charge < -0.3 is 9.47 Å². The van der Waals surface area contributed by atoms with E-state index in [0.717, 1.165) is 38.8 Å². The van der Waals surface area contributed by atoms with Crippen molar-refractivity contribution in [3.8, 4) is 0 Å². The molecule has 4 nitrogen and oxygen atoms in total. The highest BCUT2D eigenvalue weighted by atomic mass is 16.2. The summed E-state index contributed by atoms with van der Waals surface area (Å²) in [6.45, 7) is 3.93. The number of rotatable bonds is 4. The number of hydrogen-bond acceptors (Lipinski definition) is 2. The first-order chi connectivity index (χ1) is 7.81. The van der Waals surface area contributed by atoms with Crippen LogP contribution in [0.5, 0.6) is 0 Å². The summed E-state index contributed by atoms with van der Waals surface area (Å²) in [5, 5.41) is 0. The van der Waals surface area contributed by atoms with Crippen LogP contribution in [-0.2, 0) is 11.3 Å². The van der Waals surface area contributed by atoms with Crippen LogP contribution in [0.4, 0.5) is 0 Å². The fourth-order valence-electron chi connectivity index (χ4n) is 2.30. The summed E-state index contributed by atoms with van der Waals surface area (Å²) < 4.78 is 2.05. The lowest BCUT2D eigenvalue weighted by molar-refractivity contribution is -0.136. The molecule has 0 radical (unpaired) electrons. The Morgan fingerprint density at radius 1 is 1.50 bits per heavy atom. The largest absolute Gasteiger partial charge is 0.338 e. The zero-order valence-electron chi connectivity index (χ0n) is 9.80. The number of nitrogens with zero attached hydrogens (tertiary/aromatic N) is 3. The maximum absolute atomic E-state index is 11.8. The Bertz CT molecular complexity index is 334. The summed E-state index contributed by atoms with van der Waals surface area (Å²) >= 11 is 0. The van der Waals surface area contributed by atoms with Crippen molar-refractivity contribution in [1.29, 1.82) is 0 Å². The third kappa shape index (κ3) is 2.43. The van der Waals surface area contributed by atoms with E-state index in [1.807, 2.05) is 17.4 Å². The van der Waals surface area contributed by atoms with Gasteiger partial charge in [-0.1, -0.05) is 6.92 Å². The topological polar surface area (TPSA) is 38.1 Å². The number of likely N-dealkylation sites (tertiary alicyclic amines) is 1. The Kier molecular flexibility index (Phi) is 3.59. The number of imidazole rings is 1. The molecule has 1 unspecified atom stereocenters. The lowest BCUT2D eigenvalue weighted by atomic mass is 10.1. The minimum absolute atomic E-state index is 0.318. The van der Waals surface area contributed by atoms with Crippen molar-refractivity contribution in [2.75, 3.05) is 6.54 Å². The quantitative estimate of drug-likeness (QED) is 0.775. The lowest BCUT2D eigenvalue weighted by Crippen LogP contribution is -2.44. The summed E-state index contributed by atoms with van der Waals surface area (Å²) in [7, 11) is 0. The van der Waals surface area contributed by atoms with Crippen molar-refractivity contribution in [2.24, 2.45) is 0 Å². The molecule has 2 heterocycles. The molecule has 0 saturated carbocycles. The fraction of sp³-hybridized carbons (Fsp3) is 0.667. The van der Waals surface area contributed by atoms with Crippen LogP contribution in [0, 0.1) is 0 Å². The maximum atomic E-state index is 11.8. The summed E-state index contributed by atoms with van der Waals surface area (Å²) in [6, 6.07) is 0.321. The Morgan fingerprint density at radius 3 is 3.00 bits per heavy atom. The number of piperidine rings is 1. The van der Waals surface area contributed by atoms with Gasteiger partial charge in [-0.3, -0.25) is 4.79 Å². The molecule has 0 aliphatic carbocycles. The Labute approximate surface area is 96.3 Å². The van der Waals surface area contributed by atoms with Gasteiger partial charge in [-0.05, 0) is 19.3 Å². The standard InChI is InChI=1S/C12H19N3O/c1-2-11(9-14-8-6-13-10-14)15-7-4-3-5-12(15)16/h6,8,10-11H,2-5,7,9H2,1H3. The van der Waals surface area contributed by atoms with Crippen molar-refractivity contribution in [1.82, 2.24) is 14.5 Å². The van der Waals surface area contributed by atoms with E-state index in [0.29, 0.717) is 11.9 Å². The SMILES string of the molecule is CCC(Cn1ccnc1)N1CCCCC1=O. The molecule has 1 aliphatic rings. The number of aromatic nitrogens is 2. The average Bonchev–Trinajstić information content (AvgIpc) is 2.80. The predicted octanol–water partition coefficient (Wildman–Crippen LogP) is 1.67. The van der Waals surface area contributed by atoms with Gasteiger partial charge in [0.1, 0.15) is 0 Å². The van der Waals surface area contributed by atoms with Crippen LogP contribution in [0.3, 0.4) is 0 Å². The van der Waals surface area contributed by atoms with Gasteiger partial charge in [0.25, 0.3) is 0 Å². The highest BCUT2D eigenvalue weighted by Gasteiger charge is 2.24. The number of carbonyl (C=O) groups excluding carboxylic acids is 1. The maximum Gasteiger partial charge on any atom is 0.222 e. The van der Waals surface area contributed by atoms with Crippen LogP contribution in [0.25, 0.3) is 0 Å². The van der Waals surface area contributed by atoms with E-state index in [1.165, 1.54) is 0 Å². The van der Waals surface area contributed by atoms with Crippen LogP contribution in [0.15, 0.2) is 18.7 Å². The van der Waals surface area contributed by atoms with E-state index in [2.05, 4.69) is 16.5 Å². The Balaban J connectivity index is 2.00. The number of carbonyl (C=O) groups is 1. The first-order valence-corrected chi connectivity index (χ1v) is 6.06. The van der Waals surface area contributed by atoms with Gasteiger partial charge in [-0.25, -0.2) is 4.98 Å². The first kappa shape index (κ1) is 11.2. The second-order valence-electron chi connectivity index (χ2n) is 4.37. The van der Waals surface area contributed by atoms with Gasteiger partial charge in [0.15, 0.2) is 0 Å². The molecule has 2 rings (SSSR count). The third-order valence-corrected chi connectivity index (χ3v) is 3.25. The Hall–Kier alpha value is -1.32. The molecule has 88 valence electrons. The smallest absolute Gasteiger partial charge is 0.222 e. The van der Waals surface area contributed by atoms with Gasteiger partial charge in [0.2, 0.25) is 5.91 Å². The molecule has 1 aromatic heterocycles. The summed E-state index contributed by atoms with van der Waals surface area (Å²) in [6.07, 6.45) is 9.48. The minimum Gasteiger partial charge on any atom is -0.338 e. The molecule has 16 heavy (non-hydrogen) atoms. The van der Waals surface area contributed by atoms with Gasteiger partial charge in [0.05, 0.1) is 6.33 Å². The van der Waals surface area contributed by atoms with E-state index in [-0.39, 0.29) is 0 Å². The minimum atomic E-state index is 0.318. The van der Waals surface area contributed by atoms with Gasteiger partial charge in [-0.15, -0.1) is 0 Å². The molecule has 0 spiro atoms. The van der Waals surface area contributed by atoms with E-state index in [1.54, 1.807) is 6.20 Å². The van der Waals surface area contributed by atoms with Crippen molar-refractivity contribution < 1.29 is 4.79 Å². The average molecular weight is 221 g/mol. The van der Waals surface area contributed by atoms with E-state index >= 15 is 0 Å². The van der Waals surface area contributed by atoms with Gasteiger partial charge >= 0.3 is 0 Å². The molecule has 1 saturated heterocycles. The van der Waals surface area contributed by atoms with Crippen LogP contribution in [-0.4, -0.2) is 32.9 Å². The molecule has 1 atom stereocenters. The normalized spacial score (nSPS) is 18.8. The van der Waals surface area contributed by atoms with Crippen molar-refractivity contribution in [2.45, 2.75) is 45.2 Å². The van der Waals surface area contributed by atoms with Crippen LogP contribution < -0.4 is 0 Å². The zero-order valence-corrected chi connectivity index (χ0v) is 9.80. The molecule has 0 N–H and O–H groups in total. The molecule has 1 aromatic rings. The van der Waals surface area contributed by atoms with Gasteiger partial charge in [0, 0.05) is 37.9 Å². The summed E-state index contributed by atoms with van der Waals surface area (Å²) in [4.78, 5) is 17.9. The molecular weight excluding hydrogens is 202 g/mol. The van der Waals surface area contributed by atoms with Crippen molar-refractivity contribution in [3.05, 3.63) is 18.7 Å². The second-order valence-corrected chi connectivity index (χ2v) is 4.37. The molecule has 1 fully saturated rings. The monoisotopic (exact) mass is 221 g/mol. The van der Waals surface area contributed by atoms with E-state index < -0.39 is 0 Å². The van der Waals surface area contributed by atoms with Crippen molar-refractivity contribution >= 4 is 5.91 Å². The molecule has 0 bridgehead atoms. The molecule has 0 aromatic carbocycles. The van der Waals surface area contributed by atoms with Crippen LogP contribution >= 0.6 is 0 Å². The van der Waals surface area contributed by atoms with E-state index in [9.17, 15) is 4.79 Å². The van der Waals surface area contributed by atoms with E-state index in [4.69, 9.17) is 0 Å². The van der Waals surface area contributed by atoms with Crippen LogP contribution in [0.1, 0.15) is 32.6 Å². The summed E-state index contributed by atoms with van der Waals surface area (Å²) in [5.41, 5.74) is 0. The zero-order chi connectivity index (χ0) is 11.4. The van der Waals surface area contributed by atoms with Gasteiger partial charge in [-0.2, -0.15) is 0 Å². The highest BCUT2D eigenvalue weighted by molar-refractivity contribution is 5.77. The van der Waals surface area contributed by atoms with Crippen LogP contribution in [0.2, 0.25) is 0 Å². The first-order valence-electron chi connectivity index (χ1n) is 6.06. The molecule has 4 heteroatoms. The Morgan fingerprint density at radius 2 is 2.38 bits per heavy atom. The molecular formula is C12H19N3O. The number of amides is 1. The lowest BCUT2D eigenvalue weighted by Gasteiger charge is -2.34. The number of hydrogen-bond donors (Lipinski definition) is 0.